The number of likely N-dealkylation sites (N-methyl/N-ethyl adjacent to an activating group) is 1. The highest BCUT2D eigenvalue weighted by molar-refractivity contribution is 7.89. The van der Waals surface area contributed by atoms with E-state index < -0.39 is 22.2 Å². The quantitative estimate of drug-likeness (QED) is 0.741. The predicted octanol–water partition coefficient (Wildman–Crippen LogP) is 2.91. The van der Waals surface area contributed by atoms with Crippen LogP contribution in [0.1, 0.15) is 26.3 Å². The van der Waals surface area contributed by atoms with Crippen LogP contribution in [-0.4, -0.2) is 67.5 Å². The van der Waals surface area contributed by atoms with Gasteiger partial charge in [0.1, 0.15) is 16.7 Å². The molecule has 1 amide bonds. The second kappa shape index (κ2) is 9.60. The van der Waals surface area contributed by atoms with E-state index in [0.717, 1.165) is 16.7 Å². The van der Waals surface area contributed by atoms with Gasteiger partial charge in [0, 0.05) is 32.5 Å². The Morgan fingerprint density at radius 3 is 2.59 bits per heavy atom. The fourth-order valence-electron chi connectivity index (χ4n) is 3.91. The molecule has 3 rings (SSSR count). The van der Waals surface area contributed by atoms with Crippen molar-refractivity contribution in [1.29, 1.82) is 0 Å². The number of rotatable bonds is 5. The summed E-state index contributed by atoms with van der Waals surface area (Å²) >= 11 is 0. The molecule has 1 heterocycles. The van der Waals surface area contributed by atoms with Crippen molar-refractivity contribution >= 4 is 15.9 Å². The van der Waals surface area contributed by atoms with Crippen molar-refractivity contribution in [1.82, 2.24) is 9.21 Å². The highest BCUT2D eigenvalue weighted by Crippen LogP contribution is 2.37. The van der Waals surface area contributed by atoms with Crippen molar-refractivity contribution in [2.45, 2.75) is 44.7 Å². The Labute approximate surface area is 190 Å². The fourth-order valence-corrected chi connectivity index (χ4v) is 5.73. The van der Waals surface area contributed by atoms with E-state index in [4.69, 9.17) is 4.74 Å². The minimum Gasteiger partial charge on any atom is -0.487 e. The Morgan fingerprint density at radius 1 is 1.28 bits per heavy atom. The van der Waals surface area contributed by atoms with E-state index in [1.165, 1.54) is 11.2 Å². The molecule has 0 aliphatic carbocycles. The third kappa shape index (κ3) is 4.82. The van der Waals surface area contributed by atoms with Crippen LogP contribution in [0.3, 0.4) is 0 Å². The zero-order valence-electron chi connectivity index (χ0n) is 19.3. The lowest BCUT2D eigenvalue weighted by molar-refractivity contribution is -0.129. The molecular formula is C24H32N2O5S. The van der Waals surface area contributed by atoms with Gasteiger partial charge >= 0.3 is 0 Å². The average molecular weight is 461 g/mol. The molecule has 1 aliphatic heterocycles. The van der Waals surface area contributed by atoms with E-state index >= 15 is 0 Å². The van der Waals surface area contributed by atoms with Gasteiger partial charge in [0.2, 0.25) is 15.9 Å². The maximum absolute atomic E-state index is 13.5. The van der Waals surface area contributed by atoms with E-state index in [1.807, 2.05) is 38.1 Å². The number of carbonyl (C=O) groups excluding carboxylic acids is 1. The Morgan fingerprint density at radius 2 is 1.97 bits per heavy atom. The first-order valence-electron chi connectivity index (χ1n) is 10.8. The molecule has 32 heavy (non-hydrogen) atoms. The van der Waals surface area contributed by atoms with Crippen LogP contribution >= 0.6 is 0 Å². The number of fused-ring (bicyclic) bond motifs is 1. The van der Waals surface area contributed by atoms with E-state index in [1.54, 1.807) is 37.1 Å². The number of hydrogen-bond acceptors (Lipinski definition) is 5. The summed E-state index contributed by atoms with van der Waals surface area (Å²) in [5, 5.41) is 9.73. The number of aliphatic hydroxyl groups excluding tert-OH is 1. The molecule has 0 bridgehead atoms. The summed E-state index contributed by atoms with van der Waals surface area (Å²) in [6.45, 7) is 7.29. The SMILES string of the molecule is CC(=O)N(C)C[C@H]1Oc2cc(-c3ccccc3C)ccc2S(=O)(=O)N([C@H](C)CO)C[C@@H]1C. The summed E-state index contributed by atoms with van der Waals surface area (Å²) in [6, 6.07) is 12.4. The molecule has 0 fully saturated rings. The van der Waals surface area contributed by atoms with Crippen molar-refractivity contribution in [3.8, 4) is 16.9 Å². The Bertz CT molecular complexity index is 1090. The summed E-state index contributed by atoms with van der Waals surface area (Å²) in [7, 11) is -2.20. The van der Waals surface area contributed by atoms with Gasteiger partial charge in [-0.1, -0.05) is 37.3 Å². The van der Waals surface area contributed by atoms with Crippen LogP contribution in [0.5, 0.6) is 5.75 Å². The molecule has 0 saturated carbocycles. The molecule has 1 aliphatic rings. The average Bonchev–Trinajstić information content (AvgIpc) is 2.75. The molecule has 0 radical (unpaired) electrons. The Balaban J connectivity index is 2.16. The van der Waals surface area contributed by atoms with Gasteiger partial charge in [-0.3, -0.25) is 4.79 Å². The number of carbonyl (C=O) groups is 1. The number of sulfonamides is 1. The van der Waals surface area contributed by atoms with Crippen molar-refractivity contribution in [3.63, 3.8) is 0 Å². The highest BCUT2D eigenvalue weighted by Gasteiger charge is 2.38. The molecule has 174 valence electrons. The van der Waals surface area contributed by atoms with E-state index in [9.17, 15) is 18.3 Å². The molecule has 2 aromatic rings. The van der Waals surface area contributed by atoms with Gasteiger partial charge < -0.3 is 14.7 Å². The van der Waals surface area contributed by atoms with Gasteiger partial charge in [-0.2, -0.15) is 4.31 Å². The van der Waals surface area contributed by atoms with Crippen LogP contribution in [0, 0.1) is 12.8 Å². The number of aryl methyl sites for hydroxylation is 1. The molecular weight excluding hydrogens is 428 g/mol. The monoisotopic (exact) mass is 460 g/mol. The van der Waals surface area contributed by atoms with Crippen molar-refractivity contribution < 1.29 is 23.1 Å². The van der Waals surface area contributed by atoms with Gasteiger partial charge in [0.25, 0.3) is 0 Å². The summed E-state index contributed by atoms with van der Waals surface area (Å²) in [6.07, 6.45) is -0.418. The largest absolute Gasteiger partial charge is 0.487 e. The summed E-state index contributed by atoms with van der Waals surface area (Å²) in [5.41, 5.74) is 2.91. The van der Waals surface area contributed by atoms with E-state index in [0.29, 0.717) is 6.54 Å². The minimum atomic E-state index is -3.90. The van der Waals surface area contributed by atoms with Crippen LogP contribution in [0.15, 0.2) is 47.4 Å². The van der Waals surface area contributed by atoms with Crippen LogP contribution in [0.25, 0.3) is 11.1 Å². The summed E-state index contributed by atoms with van der Waals surface area (Å²) in [5.74, 6) is -0.0461. The molecule has 0 unspecified atom stereocenters. The molecule has 7 nitrogen and oxygen atoms in total. The van der Waals surface area contributed by atoms with Gasteiger partial charge in [-0.15, -0.1) is 0 Å². The Hall–Kier alpha value is -2.42. The maximum atomic E-state index is 13.5. The third-order valence-corrected chi connectivity index (χ3v) is 8.13. The standard InChI is InChI=1S/C24H32N2O5S/c1-16-8-6-7-9-21(16)20-10-11-24-22(12-20)31-23(14-25(5)19(4)28)17(2)13-26(18(3)15-27)32(24,29)30/h6-12,17-18,23,27H,13-15H2,1-5H3/t17-,18+,23+/m0/s1. The first-order chi connectivity index (χ1) is 15.1. The maximum Gasteiger partial charge on any atom is 0.247 e. The van der Waals surface area contributed by atoms with E-state index in [-0.39, 0.29) is 35.6 Å². The first-order valence-corrected chi connectivity index (χ1v) is 12.2. The zero-order chi connectivity index (χ0) is 23.6. The molecule has 3 atom stereocenters. The number of ether oxygens (including phenoxy) is 1. The second-order valence-electron chi connectivity index (χ2n) is 8.62. The van der Waals surface area contributed by atoms with Crippen LogP contribution in [-0.2, 0) is 14.8 Å². The van der Waals surface area contributed by atoms with Gasteiger partial charge in [0.15, 0.2) is 0 Å². The number of amides is 1. The van der Waals surface area contributed by atoms with Gasteiger partial charge in [-0.25, -0.2) is 8.42 Å². The van der Waals surface area contributed by atoms with Gasteiger partial charge in [0.05, 0.1) is 13.2 Å². The van der Waals surface area contributed by atoms with Crippen molar-refractivity contribution in [3.05, 3.63) is 48.0 Å². The van der Waals surface area contributed by atoms with E-state index in [2.05, 4.69) is 0 Å². The number of aliphatic hydroxyl groups is 1. The lowest BCUT2D eigenvalue weighted by Crippen LogP contribution is -2.50. The predicted molar refractivity (Wildman–Crippen MR) is 124 cm³/mol. The summed E-state index contributed by atoms with van der Waals surface area (Å²) < 4.78 is 34.7. The molecule has 0 spiro atoms. The van der Waals surface area contributed by atoms with Crippen LogP contribution < -0.4 is 4.74 Å². The Kier molecular flexibility index (Phi) is 7.27. The normalized spacial score (nSPS) is 21.6. The lowest BCUT2D eigenvalue weighted by atomic mass is 10.00. The molecule has 2 aromatic carbocycles. The van der Waals surface area contributed by atoms with Crippen molar-refractivity contribution in [2.75, 3.05) is 26.7 Å². The fraction of sp³-hybridized carbons (Fsp3) is 0.458. The van der Waals surface area contributed by atoms with Crippen molar-refractivity contribution in [2.24, 2.45) is 5.92 Å². The molecule has 0 aromatic heterocycles. The molecule has 1 N–H and O–H groups in total. The van der Waals surface area contributed by atoms with Crippen LogP contribution in [0.4, 0.5) is 0 Å². The number of hydrogen-bond donors (Lipinski definition) is 1. The number of nitrogens with zero attached hydrogens (tertiary/aromatic N) is 2. The number of benzene rings is 2. The minimum absolute atomic E-state index is 0.0671. The topological polar surface area (TPSA) is 87.2 Å². The van der Waals surface area contributed by atoms with Gasteiger partial charge in [-0.05, 0) is 42.7 Å². The first kappa shape index (κ1) is 24.2. The zero-order valence-corrected chi connectivity index (χ0v) is 20.1. The second-order valence-corrected chi connectivity index (χ2v) is 10.5. The summed E-state index contributed by atoms with van der Waals surface area (Å²) in [4.78, 5) is 13.5. The van der Waals surface area contributed by atoms with Crippen LogP contribution in [0.2, 0.25) is 0 Å². The third-order valence-electron chi connectivity index (χ3n) is 6.11. The molecule has 8 heteroatoms. The molecule has 0 saturated heterocycles. The smallest absolute Gasteiger partial charge is 0.247 e. The highest BCUT2D eigenvalue weighted by atomic mass is 32.2. The lowest BCUT2D eigenvalue weighted by Gasteiger charge is -2.37.